The second-order valence-electron chi connectivity index (χ2n) is 8.11. The number of Topliss-reactive ketones (excluding diaryl/α,β-unsaturated/α-hetero) is 1. The van der Waals surface area contributed by atoms with Gasteiger partial charge in [0.2, 0.25) is 0 Å². The van der Waals surface area contributed by atoms with E-state index in [2.05, 4.69) is 5.32 Å². The van der Waals surface area contributed by atoms with Crippen molar-refractivity contribution in [3.05, 3.63) is 71.8 Å². The monoisotopic (exact) mass is 430 g/mol. The van der Waals surface area contributed by atoms with Crippen molar-refractivity contribution < 1.29 is 23.9 Å². The normalized spacial score (nSPS) is 20.2. The number of hydrogen-bond acceptors (Lipinski definition) is 5. The van der Waals surface area contributed by atoms with Gasteiger partial charge in [0.25, 0.3) is 5.91 Å². The highest BCUT2D eigenvalue weighted by atomic mass is 16.5. The number of nitrogens with one attached hydrogen (secondary N) is 1. The molecular formula is C25H22N2O5. The molecule has 7 nitrogen and oxygen atoms in total. The summed E-state index contributed by atoms with van der Waals surface area (Å²) in [6.45, 7) is 2.37. The number of urea groups is 1. The van der Waals surface area contributed by atoms with E-state index < -0.39 is 17.5 Å². The van der Waals surface area contributed by atoms with Crippen molar-refractivity contribution in [1.82, 2.24) is 10.2 Å². The van der Waals surface area contributed by atoms with E-state index in [1.807, 2.05) is 30.3 Å². The second-order valence-corrected chi connectivity index (χ2v) is 8.11. The van der Waals surface area contributed by atoms with Gasteiger partial charge in [-0.2, -0.15) is 0 Å². The fourth-order valence-electron chi connectivity index (χ4n) is 4.21. The summed E-state index contributed by atoms with van der Waals surface area (Å²) < 4.78 is 11.4. The van der Waals surface area contributed by atoms with Crippen molar-refractivity contribution in [3.63, 3.8) is 0 Å². The van der Waals surface area contributed by atoms with E-state index in [-0.39, 0.29) is 12.3 Å². The summed E-state index contributed by atoms with van der Waals surface area (Å²) in [7, 11) is 0. The first kappa shape index (κ1) is 20.1. The Morgan fingerprint density at radius 3 is 2.59 bits per heavy atom. The first-order chi connectivity index (χ1) is 15.5. The number of nitrogens with zero attached hydrogens (tertiary/aromatic N) is 1. The van der Waals surface area contributed by atoms with Crippen LogP contribution in [0, 0.1) is 0 Å². The number of hydrogen-bond donors (Lipinski definition) is 1. The summed E-state index contributed by atoms with van der Waals surface area (Å²) in [6, 6.07) is 17.6. The standard InChI is InChI=1S/C25H22N2O5/c1-25(17-10-11-21-22(14-17)32-13-5-12-31-21)23(29)27(24(30)26-25)15-20(28)19-9-4-7-16-6-2-3-8-18(16)19/h2-4,6-11,14H,5,12-13,15H2,1H3,(H,26,30)/t25-/m1/s1. The van der Waals surface area contributed by atoms with Gasteiger partial charge in [-0.3, -0.25) is 14.5 Å². The van der Waals surface area contributed by atoms with E-state index in [4.69, 9.17) is 9.47 Å². The Morgan fingerprint density at radius 2 is 1.75 bits per heavy atom. The summed E-state index contributed by atoms with van der Waals surface area (Å²) in [5, 5.41) is 4.46. The number of imide groups is 1. The predicted molar refractivity (Wildman–Crippen MR) is 118 cm³/mol. The topological polar surface area (TPSA) is 84.9 Å². The molecule has 1 fully saturated rings. The number of carbonyl (C=O) groups excluding carboxylic acids is 3. The van der Waals surface area contributed by atoms with Gasteiger partial charge in [-0.05, 0) is 35.4 Å². The molecule has 3 aromatic rings. The number of amides is 3. The minimum Gasteiger partial charge on any atom is -0.490 e. The van der Waals surface area contributed by atoms with Gasteiger partial charge in [0.05, 0.1) is 19.8 Å². The zero-order valence-corrected chi connectivity index (χ0v) is 17.6. The molecule has 3 amide bonds. The lowest BCUT2D eigenvalue weighted by Crippen LogP contribution is -2.41. The molecule has 1 atom stereocenters. The fourth-order valence-corrected chi connectivity index (χ4v) is 4.21. The van der Waals surface area contributed by atoms with Gasteiger partial charge in [0.1, 0.15) is 5.54 Å². The number of carbonyl (C=O) groups is 3. The van der Waals surface area contributed by atoms with Gasteiger partial charge in [0, 0.05) is 12.0 Å². The van der Waals surface area contributed by atoms with Crippen LogP contribution in [0.3, 0.4) is 0 Å². The van der Waals surface area contributed by atoms with Crippen LogP contribution >= 0.6 is 0 Å². The highest BCUT2D eigenvalue weighted by Crippen LogP contribution is 2.36. The molecule has 3 aromatic carbocycles. The Kier molecular flexibility index (Phi) is 4.81. The second kappa shape index (κ2) is 7.67. The first-order valence-electron chi connectivity index (χ1n) is 10.5. The Labute approximate surface area is 184 Å². The molecule has 162 valence electrons. The van der Waals surface area contributed by atoms with Crippen molar-refractivity contribution in [2.75, 3.05) is 19.8 Å². The van der Waals surface area contributed by atoms with Gasteiger partial charge in [-0.15, -0.1) is 0 Å². The molecule has 5 rings (SSSR count). The molecule has 0 aromatic heterocycles. The van der Waals surface area contributed by atoms with Gasteiger partial charge in [0.15, 0.2) is 17.3 Å². The minimum absolute atomic E-state index is 0.298. The Bertz CT molecular complexity index is 1250. The molecular weight excluding hydrogens is 408 g/mol. The highest BCUT2D eigenvalue weighted by Gasteiger charge is 2.49. The van der Waals surface area contributed by atoms with E-state index in [1.54, 1.807) is 37.3 Å². The molecule has 7 heteroatoms. The van der Waals surface area contributed by atoms with Crippen molar-refractivity contribution in [2.24, 2.45) is 0 Å². The lowest BCUT2D eigenvalue weighted by atomic mass is 9.91. The van der Waals surface area contributed by atoms with Gasteiger partial charge in [-0.1, -0.05) is 48.5 Å². The average molecular weight is 430 g/mol. The highest BCUT2D eigenvalue weighted by molar-refractivity contribution is 6.14. The third-order valence-electron chi connectivity index (χ3n) is 5.99. The van der Waals surface area contributed by atoms with Crippen LogP contribution in [-0.4, -0.2) is 42.4 Å². The lowest BCUT2D eigenvalue weighted by molar-refractivity contribution is -0.130. The summed E-state index contributed by atoms with van der Waals surface area (Å²) >= 11 is 0. The maximum Gasteiger partial charge on any atom is 0.325 e. The van der Waals surface area contributed by atoms with Crippen LogP contribution in [0.25, 0.3) is 10.8 Å². The minimum atomic E-state index is -1.30. The van der Waals surface area contributed by atoms with Crippen LogP contribution in [0.4, 0.5) is 4.79 Å². The van der Waals surface area contributed by atoms with Crippen LogP contribution < -0.4 is 14.8 Å². The Morgan fingerprint density at radius 1 is 1.00 bits per heavy atom. The number of ether oxygens (including phenoxy) is 2. The van der Waals surface area contributed by atoms with Crippen LogP contribution in [0.15, 0.2) is 60.7 Å². The number of benzene rings is 3. The largest absolute Gasteiger partial charge is 0.490 e. The number of fused-ring (bicyclic) bond motifs is 2. The predicted octanol–water partition coefficient (Wildman–Crippen LogP) is 3.65. The summed E-state index contributed by atoms with van der Waals surface area (Å²) in [6.07, 6.45) is 0.765. The number of ketones is 1. The van der Waals surface area contributed by atoms with Gasteiger partial charge < -0.3 is 14.8 Å². The molecule has 1 N–H and O–H groups in total. The van der Waals surface area contributed by atoms with E-state index in [1.165, 1.54) is 0 Å². The van der Waals surface area contributed by atoms with Crippen LogP contribution in [-0.2, 0) is 10.3 Å². The van der Waals surface area contributed by atoms with Crippen molar-refractivity contribution in [3.8, 4) is 11.5 Å². The molecule has 2 aliphatic rings. The van der Waals surface area contributed by atoms with Crippen molar-refractivity contribution >= 4 is 28.5 Å². The molecule has 0 bridgehead atoms. The smallest absolute Gasteiger partial charge is 0.325 e. The molecule has 2 aliphatic heterocycles. The molecule has 2 heterocycles. The lowest BCUT2D eigenvalue weighted by Gasteiger charge is -2.23. The maximum atomic E-state index is 13.3. The fraction of sp³-hybridized carbons (Fsp3) is 0.240. The molecule has 0 spiro atoms. The Balaban J connectivity index is 1.42. The van der Waals surface area contributed by atoms with E-state index in [9.17, 15) is 14.4 Å². The Hall–Kier alpha value is -3.87. The zero-order valence-electron chi connectivity index (χ0n) is 17.6. The quantitative estimate of drug-likeness (QED) is 0.505. The van der Waals surface area contributed by atoms with Crippen LogP contribution in [0.5, 0.6) is 11.5 Å². The van der Waals surface area contributed by atoms with Crippen LogP contribution in [0.2, 0.25) is 0 Å². The third-order valence-corrected chi connectivity index (χ3v) is 5.99. The first-order valence-corrected chi connectivity index (χ1v) is 10.5. The summed E-state index contributed by atoms with van der Waals surface area (Å²) in [5.41, 5.74) is -0.256. The summed E-state index contributed by atoms with van der Waals surface area (Å²) in [5.74, 6) is 0.363. The average Bonchev–Trinajstić information content (AvgIpc) is 2.96. The molecule has 32 heavy (non-hydrogen) atoms. The van der Waals surface area contributed by atoms with Crippen molar-refractivity contribution in [2.45, 2.75) is 18.9 Å². The molecule has 0 unspecified atom stereocenters. The van der Waals surface area contributed by atoms with E-state index in [0.717, 1.165) is 22.1 Å². The maximum absolute atomic E-state index is 13.3. The molecule has 0 saturated carbocycles. The molecule has 0 radical (unpaired) electrons. The van der Waals surface area contributed by atoms with E-state index in [0.29, 0.717) is 35.8 Å². The van der Waals surface area contributed by atoms with Crippen molar-refractivity contribution in [1.29, 1.82) is 0 Å². The summed E-state index contributed by atoms with van der Waals surface area (Å²) in [4.78, 5) is 40.1. The van der Waals surface area contributed by atoms with E-state index >= 15 is 0 Å². The number of rotatable bonds is 4. The van der Waals surface area contributed by atoms with Gasteiger partial charge in [-0.25, -0.2) is 4.79 Å². The zero-order chi connectivity index (χ0) is 22.3. The molecule has 1 saturated heterocycles. The van der Waals surface area contributed by atoms with Crippen LogP contribution in [0.1, 0.15) is 29.3 Å². The third kappa shape index (κ3) is 3.26. The SMILES string of the molecule is C[C@]1(c2ccc3c(c2)OCCCO3)NC(=O)N(CC(=O)c2cccc3ccccc23)C1=O. The molecule has 0 aliphatic carbocycles. The van der Waals surface area contributed by atoms with Gasteiger partial charge >= 0.3 is 6.03 Å².